The van der Waals surface area contributed by atoms with E-state index in [-0.39, 0.29) is 11.2 Å². The minimum atomic E-state index is -0.353. The Kier molecular flexibility index (Phi) is 4.97. The minimum absolute atomic E-state index is 0.231. The first-order chi connectivity index (χ1) is 17.6. The van der Waals surface area contributed by atoms with Crippen molar-refractivity contribution in [3.63, 3.8) is 0 Å². The molecule has 1 saturated carbocycles. The molecule has 1 aliphatic carbocycles. The van der Waals surface area contributed by atoms with Crippen LogP contribution in [0.4, 0.5) is 10.1 Å². The highest BCUT2D eigenvalue weighted by molar-refractivity contribution is 7.15. The largest absolute Gasteiger partial charge is 0.367 e. The van der Waals surface area contributed by atoms with Crippen LogP contribution in [0.25, 0.3) is 38.5 Å². The second kappa shape index (κ2) is 8.25. The molecule has 2 aliphatic rings. The van der Waals surface area contributed by atoms with Crippen LogP contribution in [-0.4, -0.2) is 57.3 Å². The van der Waals surface area contributed by atoms with E-state index in [2.05, 4.69) is 26.4 Å². The van der Waals surface area contributed by atoms with Crippen LogP contribution in [0.2, 0.25) is 0 Å². The van der Waals surface area contributed by atoms with Gasteiger partial charge < -0.3 is 14.4 Å². The van der Waals surface area contributed by atoms with Crippen LogP contribution in [0.5, 0.6) is 0 Å². The molecule has 0 unspecified atom stereocenters. The number of piperazine rings is 1. The fourth-order valence-corrected chi connectivity index (χ4v) is 5.90. The number of pyridine rings is 1. The smallest absolute Gasteiger partial charge is 0.213 e. The van der Waals surface area contributed by atoms with E-state index >= 15 is 4.39 Å². The Hall–Kier alpha value is -3.56. The molecule has 36 heavy (non-hydrogen) atoms. The maximum absolute atomic E-state index is 15.4. The predicted molar refractivity (Wildman–Crippen MR) is 141 cm³/mol. The molecule has 2 aromatic carbocycles. The Balaban J connectivity index is 1.37. The van der Waals surface area contributed by atoms with Gasteiger partial charge >= 0.3 is 0 Å². The molecule has 0 N–H and O–H groups in total. The van der Waals surface area contributed by atoms with Gasteiger partial charge in [-0.2, -0.15) is 4.98 Å². The summed E-state index contributed by atoms with van der Waals surface area (Å²) in [5.74, 6) is 0.0256. The number of aromatic nitrogens is 4. The molecule has 7 nitrogen and oxygen atoms in total. The fourth-order valence-electron chi connectivity index (χ4n) is 5.07. The SMILES string of the molecule is CN1CCN(c2cc3c(cc2F)c(=O)c(-c2nc4scc(-c5ccccc5)n4n2)cn3C2CC2)CC1. The minimum Gasteiger partial charge on any atom is -0.367 e. The van der Waals surface area contributed by atoms with Crippen LogP contribution >= 0.6 is 11.3 Å². The highest BCUT2D eigenvalue weighted by atomic mass is 32.1. The standard InChI is InChI=1S/C27H25FN6OS/c1-31-9-11-32(12-10-31)23-14-22-19(13-21(23)28)25(35)20(15-33(22)18-7-8-18)26-29-27-34(30-26)24(16-36-27)17-5-3-2-4-6-17/h2-6,13-16,18H,7-12H2,1H3. The molecule has 9 heteroatoms. The van der Waals surface area contributed by atoms with Gasteiger partial charge in [-0.05, 0) is 32.0 Å². The fraction of sp³-hybridized carbons (Fsp3) is 0.296. The summed E-state index contributed by atoms with van der Waals surface area (Å²) in [6, 6.07) is 13.6. The topological polar surface area (TPSA) is 58.7 Å². The Labute approximate surface area is 211 Å². The van der Waals surface area contributed by atoms with Gasteiger partial charge in [0, 0.05) is 54.7 Å². The molecular formula is C27H25FN6OS. The molecule has 182 valence electrons. The number of thiazole rings is 1. The second-order valence-electron chi connectivity index (χ2n) is 9.74. The maximum Gasteiger partial charge on any atom is 0.213 e. The number of halogens is 1. The summed E-state index contributed by atoms with van der Waals surface area (Å²) >= 11 is 1.49. The van der Waals surface area contributed by atoms with Crippen LogP contribution in [-0.2, 0) is 0 Å². The molecule has 0 spiro atoms. The van der Waals surface area contributed by atoms with E-state index in [0.717, 1.165) is 60.8 Å². The van der Waals surface area contributed by atoms with E-state index in [1.807, 2.05) is 48.0 Å². The first-order valence-corrected chi connectivity index (χ1v) is 13.2. The number of fused-ring (bicyclic) bond motifs is 2. The second-order valence-corrected chi connectivity index (χ2v) is 10.6. The number of nitrogens with zero attached hydrogens (tertiary/aromatic N) is 6. The van der Waals surface area contributed by atoms with Crippen molar-refractivity contribution >= 4 is 32.9 Å². The van der Waals surface area contributed by atoms with Gasteiger partial charge in [0.1, 0.15) is 5.82 Å². The molecular weight excluding hydrogens is 475 g/mol. The average Bonchev–Trinajstić information content (AvgIpc) is 3.53. The molecule has 4 heterocycles. The third-order valence-corrected chi connectivity index (χ3v) is 8.09. The van der Waals surface area contributed by atoms with E-state index in [1.165, 1.54) is 17.4 Å². The number of hydrogen-bond donors (Lipinski definition) is 0. The molecule has 3 aromatic heterocycles. The highest BCUT2D eigenvalue weighted by Crippen LogP contribution is 2.39. The Morgan fingerprint density at radius 3 is 2.58 bits per heavy atom. The molecule has 1 aliphatic heterocycles. The highest BCUT2D eigenvalue weighted by Gasteiger charge is 2.28. The lowest BCUT2D eigenvalue weighted by Gasteiger charge is -2.34. The van der Waals surface area contributed by atoms with Crippen LogP contribution < -0.4 is 10.3 Å². The van der Waals surface area contributed by atoms with Gasteiger partial charge in [0.25, 0.3) is 0 Å². The molecule has 0 bridgehead atoms. The van der Waals surface area contributed by atoms with Crippen molar-refractivity contribution in [2.45, 2.75) is 18.9 Å². The van der Waals surface area contributed by atoms with E-state index in [1.54, 1.807) is 4.52 Å². The average molecular weight is 501 g/mol. The number of anilines is 1. The Morgan fingerprint density at radius 1 is 1.06 bits per heavy atom. The van der Waals surface area contributed by atoms with Gasteiger partial charge in [-0.1, -0.05) is 30.3 Å². The molecule has 0 amide bonds. The van der Waals surface area contributed by atoms with Gasteiger partial charge in [-0.15, -0.1) is 16.4 Å². The zero-order chi connectivity index (χ0) is 24.4. The van der Waals surface area contributed by atoms with Gasteiger partial charge in [-0.25, -0.2) is 8.91 Å². The van der Waals surface area contributed by atoms with Gasteiger partial charge in [0.05, 0.1) is 22.5 Å². The van der Waals surface area contributed by atoms with Crippen molar-refractivity contribution in [2.24, 2.45) is 0 Å². The van der Waals surface area contributed by atoms with E-state index in [9.17, 15) is 4.79 Å². The lowest BCUT2D eigenvalue weighted by atomic mass is 10.1. The van der Waals surface area contributed by atoms with Crippen molar-refractivity contribution in [1.29, 1.82) is 0 Å². The van der Waals surface area contributed by atoms with Crippen LogP contribution in [0.3, 0.4) is 0 Å². The molecule has 2 fully saturated rings. The maximum atomic E-state index is 15.4. The number of benzene rings is 2. The third-order valence-electron chi connectivity index (χ3n) is 7.28. The van der Waals surface area contributed by atoms with Gasteiger partial charge in [0.15, 0.2) is 5.82 Å². The van der Waals surface area contributed by atoms with Crippen molar-refractivity contribution in [1.82, 2.24) is 24.1 Å². The summed E-state index contributed by atoms with van der Waals surface area (Å²) < 4.78 is 19.3. The molecule has 1 saturated heterocycles. The summed E-state index contributed by atoms with van der Waals surface area (Å²) in [7, 11) is 2.08. The summed E-state index contributed by atoms with van der Waals surface area (Å²) in [4.78, 5) is 23.4. The molecule has 0 atom stereocenters. The number of likely N-dealkylation sites (N-methyl/N-ethyl adjacent to an activating group) is 1. The summed E-state index contributed by atoms with van der Waals surface area (Å²) in [5.41, 5.74) is 3.51. The van der Waals surface area contributed by atoms with Gasteiger partial charge in [0.2, 0.25) is 10.4 Å². The van der Waals surface area contributed by atoms with E-state index in [4.69, 9.17) is 5.10 Å². The van der Waals surface area contributed by atoms with Crippen molar-refractivity contribution in [3.8, 4) is 22.6 Å². The molecule has 5 aromatic rings. The van der Waals surface area contributed by atoms with Crippen LogP contribution in [0.15, 0.2) is 58.8 Å². The van der Waals surface area contributed by atoms with Crippen molar-refractivity contribution < 1.29 is 4.39 Å². The first-order valence-electron chi connectivity index (χ1n) is 12.3. The van der Waals surface area contributed by atoms with E-state index < -0.39 is 0 Å². The first kappa shape index (κ1) is 21.7. The van der Waals surface area contributed by atoms with Crippen molar-refractivity contribution in [2.75, 3.05) is 38.1 Å². The molecule has 7 rings (SSSR count). The molecule has 0 radical (unpaired) electrons. The van der Waals surface area contributed by atoms with E-state index in [0.29, 0.717) is 28.5 Å². The Morgan fingerprint density at radius 2 is 1.83 bits per heavy atom. The monoisotopic (exact) mass is 500 g/mol. The van der Waals surface area contributed by atoms with Gasteiger partial charge in [-0.3, -0.25) is 4.79 Å². The number of hydrogen-bond acceptors (Lipinski definition) is 6. The lowest BCUT2D eigenvalue weighted by Crippen LogP contribution is -2.44. The predicted octanol–water partition coefficient (Wildman–Crippen LogP) is 4.67. The lowest BCUT2D eigenvalue weighted by molar-refractivity contribution is 0.312. The third kappa shape index (κ3) is 3.53. The normalized spacial score (nSPS) is 16.9. The summed E-state index contributed by atoms with van der Waals surface area (Å²) in [6.07, 6.45) is 3.97. The van der Waals surface area contributed by atoms with Crippen LogP contribution in [0.1, 0.15) is 18.9 Å². The number of rotatable bonds is 4. The van der Waals surface area contributed by atoms with Crippen LogP contribution in [0, 0.1) is 5.82 Å². The summed E-state index contributed by atoms with van der Waals surface area (Å²) in [6.45, 7) is 3.31. The zero-order valence-corrected chi connectivity index (χ0v) is 20.7. The van der Waals surface area contributed by atoms with Crippen molar-refractivity contribution in [3.05, 3.63) is 70.1 Å². The Bertz CT molecular complexity index is 1660. The zero-order valence-electron chi connectivity index (χ0n) is 19.9. The summed E-state index contributed by atoms with van der Waals surface area (Å²) in [5, 5.41) is 7.13. The quantitative estimate of drug-likeness (QED) is 0.359.